The van der Waals surface area contributed by atoms with Crippen molar-refractivity contribution in [3.05, 3.63) is 54.1 Å². The Bertz CT molecular complexity index is 479. The van der Waals surface area contributed by atoms with Gasteiger partial charge in [-0.05, 0) is 37.1 Å². The number of rotatable bonds is 6. The van der Waals surface area contributed by atoms with Gasteiger partial charge in [-0.3, -0.25) is 4.68 Å². The minimum absolute atomic E-state index is 0.191. The number of aromatic nitrogens is 2. The zero-order chi connectivity index (χ0) is 13.7. The lowest BCUT2D eigenvalue weighted by atomic mass is 10.0. The first-order chi connectivity index (χ1) is 9.19. The van der Waals surface area contributed by atoms with Gasteiger partial charge in [-0.2, -0.15) is 5.10 Å². The first-order valence-electron chi connectivity index (χ1n) is 6.68. The van der Waals surface area contributed by atoms with Gasteiger partial charge in [0.1, 0.15) is 5.82 Å². The molecule has 0 saturated heterocycles. The summed E-state index contributed by atoms with van der Waals surface area (Å²) >= 11 is 0. The summed E-state index contributed by atoms with van der Waals surface area (Å²) in [5, 5.41) is 7.76. The van der Waals surface area contributed by atoms with E-state index in [0.717, 1.165) is 18.5 Å². The van der Waals surface area contributed by atoms with E-state index < -0.39 is 0 Å². The molecular weight excluding hydrogens is 241 g/mol. The number of nitrogens with zero attached hydrogens (tertiary/aromatic N) is 2. The van der Waals surface area contributed by atoms with E-state index in [1.54, 1.807) is 6.20 Å². The van der Waals surface area contributed by atoms with Crippen molar-refractivity contribution in [3.63, 3.8) is 0 Å². The Morgan fingerprint density at radius 2 is 2.05 bits per heavy atom. The van der Waals surface area contributed by atoms with E-state index in [4.69, 9.17) is 0 Å². The van der Waals surface area contributed by atoms with Crippen LogP contribution in [0, 0.1) is 5.82 Å². The van der Waals surface area contributed by atoms with Gasteiger partial charge < -0.3 is 5.32 Å². The lowest BCUT2D eigenvalue weighted by Gasteiger charge is -2.22. The summed E-state index contributed by atoms with van der Waals surface area (Å²) in [6.45, 7) is 5.08. The topological polar surface area (TPSA) is 29.9 Å². The number of hydrogen-bond acceptors (Lipinski definition) is 2. The third-order valence-electron chi connectivity index (χ3n) is 3.19. The van der Waals surface area contributed by atoms with Gasteiger partial charge in [-0.25, -0.2) is 4.39 Å². The van der Waals surface area contributed by atoms with Gasteiger partial charge in [0.25, 0.3) is 0 Å². The smallest absolute Gasteiger partial charge is 0.123 e. The fourth-order valence-corrected chi connectivity index (χ4v) is 2.23. The molecule has 1 heterocycles. The van der Waals surface area contributed by atoms with Gasteiger partial charge in [-0.1, -0.05) is 19.1 Å². The molecule has 2 atom stereocenters. The van der Waals surface area contributed by atoms with Crippen LogP contribution in [-0.4, -0.2) is 15.8 Å². The first-order valence-corrected chi connectivity index (χ1v) is 6.68. The molecule has 0 aliphatic heterocycles. The normalized spacial score (nSPS) is 14.3. The number of nitrogens with one attached hydrogen (secondary N) is 1. The van der Waals surface area contributed by atoms with Crippen LogP contribution in [0.3, 0.4) is 0 Å². The molecule has 2 unspecified atom stereocenters. The second-order valence-electron chi connectivity index (χ2n) is 4.81. The molecule has 0 spiro atoms. The molecule has 19 heavy (non-hydrogen) atoms. The van der Waals surface area contributed by atoms with Crippen molar-refractivity contribution >= 4 is 0 Å². The highest BCUT2D eigenvalue weighted by Gasteiger charge is 2.12. The van der Waals surface area contributed by atoms with Gasteiger partial charge in [0.05, 0.1) is 6.54 Å². The number of hydrogen-bond donors (Lipinski definition) is 1. The Hall–Kier alpha value is -1.68. The molecule has 2 rings (SSSR count). The zero-order valence-corrected chi connectivity index (χ0v) is 11.4. The molecule has 1 aromatic carbocycles. The Balaban J connectivity index is 1.96. The zero-order valence-electron chi connectivity index (χ0n) is 11.4. The molecule has 102 valence electrons. The van der Waals surface area contributed by atoms with Crippen LogP contribution in [0.4, 0.5) is 4.39 Å². The maximum Gasteiger partial charge on any atom is 0.123 e. The summed E-state index contributed by atoms with van der Waals surface area (Å²) in [4.78, 5) is 0. The van der Waals surface area contributed by atoms with Crippen molar-refractivity contribution in [2.24, 2.45) is 0 Å². The predicted octanol–water partition coefficient (Wildman–Crippen LogP) is 3.15. The maximum atomic E-state index is 12.9. The molecule has 3 nitrogen and oxygen atoms in total. The van der Waals surface area contributed by atoms with Crippen LogP contribution in [0.25, 0.3) is 0 Å². The molecule has 1 N–H and O–H groups in total. The highest BCUT2D eigenvalue weighted by molar-refractivity contribution is 5.19. The Kier molecular flexibility index (Phi) is 4.68. The van der Waals surface area contributed by atoms with Crippen LogP contribution in [0.15, 0.2) is 42.7 Å². The molecule has 0 fully saturated rings. The summed E-state index contributed by atoms with van der Waals surface area (Å²) < 4.78 is 14.8. The van der Waals surface area contributed by atoms with Crippen LogP contribution in [0.1, 0.15) is 31.9 Å². The van der Waals surface area contributed by atoms with Gasteiger partial charge in [0.2, 0.25) is 0 Å². The van der Waals surface area contributed by atoms with E-state index in [9.17, 15) is 4.39 Å². The third kappa shape index (κ3) is 3.89. The van der Waals surface area contributed by atoms with Crippen LogP contribution in [0.5, 0.6) is 0 Å². The van der Waals surface area contributed by atoms with E-state index in [2.05, 4.69) is 24.3 Å². The van der Waals surface area contributed by atoms with Crippen LogP contribution < -0.4 is 5.32 Å². The van der Waals surface area contributed by atoms with Crippen molar-refractivity contribution in [2.45, 2.75) is 38.9 Å². The van der Waals surface area contributed by atoms with E-state index in [1.807, 2.05) is 29.1 Å². The highest BCUT2D eigenvalue weighted by atomic mass is 19.1. The number of halogens is 1. The molecule has 0 aliphatic carbocycles. The Morgan fingerprint density at radius 1 is 1.32 bits per heavy atom. The summed E-state index contributed by atoms with van der Waals surface area (Å²) in [5.41, 5.74) is 1.12. The molecule has 0 bridgehead atoms. The fourth-order valence-electron chi connectivity index (χ4n) is 2.23. The minimum Gasteiger partial charge on any atom is -0.306 e. The summed E-state index contributed by atoms with van der Waals surface area (Å²) in [5.74, 6) is -0.191. The molecule has 1 aromatic heterocycles. The van der Waals surface area contributed by atoms with Gasteiger partial charge in [-0.15, -0.1) is 0 Å². The van der Waals surface area contributed by atoms with Crippen LogP contribution in [-0.2, 0) is 6.54 Å². The number of benzene rings is 1. The quantitative estimate of drug-likeness (QED) is 0.865. The summed E-state index contributed by atoms with van der Waals surface area (Å²) in [6, 6.07) is 9.18. The fraction of sp³-hybridized carbons (Fsp3) is 0.400. The van der Waals surface area contributed by atoms with Crippen molar-refractivity contribution < 1.29 is 4.39 Å². The average Bonchev–Trinajstić information content (AvgIpc) is 2.90. The van der Waals surface area contributed by atoms with Crippen LogP contribution >= 0.6 is 0 Å². The second kappa shape index (κ2) is 6.48. The monoisotopic (exact) mass is 261 g/mol. The molecule has 0 aliphatic rings. The van der Waals surface area contributed by atoms with E-state index in [1.165, 1.54) is 12.1 Å². The highest BCUT2D eigenvalue weighted by Crippen LogP contribution is 2.17. The van der Waals surface area contributed by atoms with Gasteiger partial charge in [0.15, 0.2) is 0 Å². The van der Waals surface area contributed by atoms with Gasteiger partial charge >= 0.3 is 0 Å². The Labute approximate surface area is 113 Å². The first kappa shape index (κ1) is 13.7. The minimum atomic E-state index is -0.191. The van der Waals surface area contributed by atoms with Crippen molar-refractivity contribution in [1.29, 1.82) is 0 Å². The summed E-state index contributed by atoms with van der Waals surface area (Å²) in [7, 11) is 0. The predicted molar refractivity (Wildman–Crippen MR) is 74.3 cm³/mol. The van der Waals surface area contributed by atoms with Crippen LogP contribution in [0.2, 0.25) is 0 Å². The standard InChI is InChI=1S/C15H20FN3/c1-3-15(13-5-7-14(16)8-6-13)18-12(2)11-19-10-4-9-17-19/h4-10,12,15,18H,3,11H2,1-2H3. The molecule has 0 radical (unpaired) electrons. The molecule has 4 heteroatoms. The molecular formula is C15H20FN3. The second-order valence-corrected chi connectivity index (χ2v) is 4.81. The third-order valence-corrected chi connectivity index (χ3v) is 3.19. The Morgan fingerprint density at radius 3 is 2.63 bits per heavy atom. The largest absolute Gasteiger partial charge is 0.306 e. The van der Waals surface area contributed by atoms with E-state index in [-0.39, 0.29) is 11.9 Å². The molecule has 2 aromatic rings. The van der Waals surface area contributed by atoms with E-state index in [0.29, 0.717) is 6.04 Å². The van der Waals surface area contributed by atoms with Crippen molar-refractivity contribution in [2.75, 3.05) is 0 Å². The lowest BCUT2D eigenvalue weighted by molar-refractivity contribution is 0.392. The maximum absolute atomic E-state index is 12.9. The van der Waals surface area contributed by atoms with Crippen molar-refractivity contribution in [3.8, 4) is 0 Å². The SMILES string of the molecule is CCC(NC(C)Cn1cccn1)c1ccc(F)cc1. The molecule has 0 amide bonds. The van der Waals surface area contributed by atoms with Crippen molar-refractivity contribution in [1.82, 2.24) is 15.1 Å². The lowest BCUT2D eigenvalue weighted by Crippen LogP contribution is -2.33. The van der Waals surface area contributed by atoms with E-state index >= 15 is 0 Å². The molecule has 0 saturated carbocycles. The van der Waals surface area contributed by atoms with Gasteiger partial charge in [0, 0.05) is 24.5 Å². The average molecular weight is 261 g/mol. The summed E-state index contributed by atoms with van der Waals surface area (Å²) in [6.07, 6.45) is 4.70.